The van der Waals surface area contributed by atoms with Crippen molar-refractivity contribution >= 4 is 27.3 Å². The second kappa shape index (κ2) is 6.74. The van der Waals surface area contributed by atoms with Crippen molar-refractivity contribution in [1.29, 1.82) is 0 Å². The van der Waals surface area contributed by atoms with Gasteiger partial charge in [-0.3, -0.25) is 0 Å². The van der Waals surface area contributed by atoms with Gasteiger partial charge < -0.3 is 10.6 Å². The van der Waals surface area contributed by atoms with E-state index in [2.05, 4.69) is 38.0 Å². The van der Waals surface area contributed by atoms with Crippen LogP contribution in [0.5, 0.6) is 0 Å². The summed E-state index contributed by atoms with van der Waals surface area (Å²) in [5.74, 6) is 0. The van der Waals surface area contributed by atoms with Gasteiger partial charge in [0.25, 0.3) is 0 Å². The molecule has 1 atom stereocenters. The zero-order chi connectivity index (χ0) is 11.2. The van der Waals surface area contributed by atoms with Gasteiger partial charge in [0, 0.05) is 27.3 Å². The lowest BCUT2D eigenvalue weighted by Crippen LogP contribution is -2.36. The minimum atomic E-state index is 0.747. The van der Waals surface area contributed by atoms with Crippen LogP contribution in [0.3, 0.4) is 0 Å². The zero-order valence-electron chi connectivity index (χ0n) is 9.47. The molecule has 4 heteroatoms. The molecule has 1 aromatic rings. The zero-order valence-corrected chi connectivity index (χ0v) is 11.9. The molecule has 2 nitrogen and oxygen atoms in total. The van der Waals surface area contributed by atoms with Crippen LogP contribution >= 0.6 is 27.3 Å². The van der Waals surface area contributed by atoms with Crippen LogP contribution < -0.4 is 10.6 Å². The lowest BCUT2D eigenvalue weighted by molar-refractivity contribution is 0.376. The minimum absolute atomic E-state index is 0.747. The van der Waals surface area contributed by atoms with Gasteiger partial charge in [0.1, 0.15) is 0 Å². The Morgan fingerprint density at radius 1 is 1.50 bits per heavy atom. The van der Waals surface area contributed by atoms with E-state index in [1.165, 1.54) is 41.6 Å². The van der Waals surface area contributed by atoms with Gasteiger partial charge in [-0.15, -0.1) is 11.3 Å². The number of halogens is 1. The number of piperidine rings is 1. The highest BCUT2D eigenvalue weighted by Gasteiger charge is 2.11. The fourth-order valence-electron chi connectivity index (χ4n) is 2.10. The molecule has 1 saturated heterocycles. The number of thiophene rings is 1. The summed E-state index contributed by atoms with van der Waals surface area (Å²) in [6.07, 6.45) is 5.36. The number of nitrogens with one attached hydrogen (secondary N) is 2. The quantitative estimate of drug-likeness (QED) is 0.817. The molecule has 90 valence electrons. The highest BCUT2D eigenvalue weighted by molar-refractivity contribution is 9.10. The summed E-state index contributed by atoms with van der Waals surface area (Å²) in [4.78, 5) is 1.41. The molecule has 1 aliphatic rings. The Morgan fingerprint density at radius 2 is 2.44 bits per heavy atom. The van der Waals surface area contributed by atoms with Gasteiger partial charge in [-0.2, -0.15) is 0 Å². The first kappa shape index (κ1) is 12.6. The highest BCUT2D eigenvalue weighted by atomic mass is 79.9. The second-order valence-electron chi connectivity index (χ2n) is 4.34. The standard InChI is InChI=1S/C12H19BrN2S/c13-10-7-12(16-9-10)8-14-6-4-11-3-1-2-5-15-11/h7,9,11,14-15H,1-6,8H2. The molecule has 2 rings (SSSR count). The van der Waals surface area contributed by atoms with Crippen molar-refractivity contribution in [3.63, 3.8) is 0 Å². The molecule has 16 heavy (non-hydrogen) atoms. The third-order valence-corrected chi connectivity index (χ3v) is 4.70. The molecule has 2 N–H and O–H groups in total. The Hall–Kier alpha value is 0.1000. The van der Waals surface area contributed by atoms with E-state index in [1.54, 1.807) is 0 Å². The fraction of sp³-hybridized carbons (Fsp3) is 0.667. The van der Waals surface area contributed by atoms with E-state index in [0.29, 0.717) is 0 Å². The molecule has 0 amide bonds. The minimum Gasteiger partial charge on any atom is -0.314 e. The van der Waals surface area contributed by atoms with Gasteiger partial charge >= 0.3 is 0 Å². The molecule has 2 heterocycles. The Kier molecular flexibility index (Phi) is 5.29. The topological polar surface area (TPSA) is 24.1 Å². The number of hydrogen-bond acceptors (Lipinski definition) is 3. The first-order valence-electron chi connectivity index (χ1n) is 6.01. The molecule has 1 aromatic heterocycles. The summed E-state index contributed by atoms with van der Waals surface area (Å²) in [6, 6.07) is 2.94. The Bertz CT molecular complexity index is 308. The van der Waals surface area contributed by atoms with E-state index >= 15 is 0 Å². The van der Waals surface area contributed by atoms with Crippen molar-refractivity contribution in [2.75, 3.05) is 13.1 Å². The van der Waals surface area contributed by atoms with Crippen molar-refractivity contribution in [3.8, 4) is 0 Å². The monoisotopic (exact) mass is 302 g/mol. The molecular formula is C12H19BrN2S. The predicted octanol–water partition coefficient (Wildman–Crippen LogP) is 3.13. The van der Waals surface area contributed by atoms with E-state index in [0.717, 1.165) is 19.1 Å². The van der Waals surface area contributed by atoms with E-state index in [4.69, 9.17) is 0 Å². The normalized spacial score (nSPS) is 21.2. The van der Waals surface area contributed by atoms with E-state index in [-0.39, 0.29) is 0 Å². The van der Waals surface area contributed by atoms with Crippen LogP contribution in [-0.4, -0.2) is 19.1 Å². The molecule has 0 saturated carbocycles. The van der Waals surface area contributed by atoms with Crippen LogP contribution in [-0.2, 0) is 6.54 Å². The molecule has 1 fully saturated rings. The third kappa shape index (κ3) is 4.17. The highest BCUT2D eigenvalue weighted by Crippen LogP contribution is 2.19. The molecule has 1 unspecified atom stereocenters. The number of rotatable bonds is 5. The third-order valence-electron chi connectivity index (χ3n) is 3.00. The van der Waals surface area contributed by atoms with Gasteiger partial charge in [-0.1, -0.05) is 6.42 Å². The summed E-state index contributed by atoms with van der Waals surface area (Å²) in [5, 5.41) is 9.23. The molecule has 1 aliphatic heterocycles. The average molecular weight is 303 g/mol. The largest absolute Gasteiger partial charge is 0.314 e. The Labute approximate surface area is 110 Å². The summed E-state index contributed by atoms with van der Waals surface area (Å²) < 4.78 is 1.20. The number of hydrogen-bond donors (Lipinski definition) is 2. The SMILES string of the molecule is Brc1csc(CNCCC2CCCCN2)c1. The fourth-order valence-corrected chi connectivity index (χ4v) is 3.53. The van der Waals surface area contributed by atoms with Crippen molar-refractivity contribution in [2.45, 2.75) is 38.3 Å². The first-order valence-corrected chi connectivity index (χ1v) is 7.69. The van der Waals surface area contributed by atoms with Gasteiger partial charge in [-0.25, -0.2) is 0 Å². The van der Waals surface area contributed by atoms with Crippen molar-refractivity contribution in [1.82, 2.24) is 10.6 Å². The van der Waals surface area contributed by atoms with Gasteiger partial charge in [-0.05, 0) is 54.3 Å². The molecule has 0 bridgehead atoms. The summed E-state index contributed by atoms with van der Waals surface area (Å²) in [6.45, 7) is 3.33. The van der Waals surface area contributed by atoms with Crippen molar-refractivity contribution in [2.24, 2.45) is 0 Å². The van der Waals surface area contributed by atoms with Crippen LogP contribution in [0, 0.1) is 0 Å². The molecule has 0 radical (unpaired) electrons. The first-order chi connectivity index (χ1) is 7.84. The maximum Gasteiger partial charge on any atom is 0.0300 e. The maximum atomic E-state index is 3.58. The Balaban J connectivity index is 1.57. The van der Waals surface area contributed by atoms with E-state index < -0.39 is 0 Å². The average Bonchev–Trinajstić information content (AvgIpc) is 2.72. The second-order valence-corrected chi connectivity index (χ2v) is 6.25. The van der Waals surface area contributed by atoms with Gasteiger partial charge in [0.05, 0.1) is 0 Å². The summed E-state index contributed by atoms with van der Waals surface area (Å²) in [5.41, 5.74) is 0. The van der Waals surface area contributed by atoms with Crippen LogP contribution in [0.15, 0.2) is 15.9 Å². The van der Waals surface area contributed by atoms with Gasteiger partial charge in [0.15, 0.2) is 0 Å². The summed E-state index contributed by atoms with van der Waals surface area (Å²) in [7, 11) is 0. The molecular weight excluding hydrogens is 284 g/mol. The van der Waals surface area contributed by atoms with E-state index in [1.807, 2.05) is 11.3 Å². The molecule has 0 spiro atoms. The molecule has 0 aliphatic carbocycles. The van der Waals surface area contributed by atoms with Crippen LogP contribution in [0.25, 0.3) is 0 Å². The van der Waals surface area contributed by atoms with Crippen molar-refractivity contribution < 1.29 is 0 Å². The van der Waals surface area contributed by atoms with Crippen LogP contribution in [0.2, 0.25) is 0 Å². The van der Waals surface area contributed by atoms with Crippen LogP contribution in [0.1, 0.15) is 30.6 Å². The summed E-state index contributed by atoms with van der Waals surface area (Å²) >= 11 is 5.29. The lowest BCUT2D eigenvalue weighted by atomic mass is 10.0. The lowest BCUT2D eigenvalue weighted by Gasteiger charge is -2.23. The predicted molar refractivity (Wildman–Crippen MR) is 74.0 cm³/mol. The maximum absolute atomic E-state index is 3.58. The Morgan fingerprint density at radius 3 is 3.12 bits per heavy atom. The molecule has 0 aromatic carbocycles. The van der Waals surface area contributed by atoms with E-state index in [9.17, 15) is 0 Å². The van der Waals surface area contributed by atoms with Crippen molar-refractivity contribution in [3.05, 3.63) is 20.8 Å². The van der Waals surface area contributed by atoms with Crippen LogP contribution in [0.4, 0.5) is 0 Å². The smallest absolute Gasteiger partial charge is 0.0300 e. The van der Waals surface area contributed by atoms with Gasteiger partial charge in [0.2, 0.25) is 0 Å².